The molecule has 0 aromatic carbocycles. The van der Waals surface area contributed by atoms with Gasteiger partial charge in [-0.3, -0.25) is 20.4 Å². The van der Waals surface area contributed by atoms with Crippen LogP contribution >= 0.6 is 11.6 Å². The molecule has 1 heterocycles. The van der Waals surface area contributed by atoms with Crippen LogP contribution < -0.4 is 21.5 Å². The lowest BCUT2D eigenvalue weighted by atomic mass is 9.85. The number of carbonyl (C=O) groups is 3. The highest BCUT2D eigenvalue weighted by atomic mass is 35.5. The fourth-order valence-electron chi connectivity index (χ4n) is 3.08. The van der Waals surface area contributed by atoms with Crippen molar-refractivity contribution in [2.45, 2.75) is 58.1 Å². The van der Waals surface area contributed by atoms with Crippen LogP contribution in [0.25, 0.3) is 0 Å². The van der Waals surface area contributed by atoms with E-state index in [9.17, 15) is 14.4 Å². The van der Waals surface area contributed by atoms with Crippen LogP contribution in [0.3, 0.4) is 0 Å². The topological polar surface area (TPSA) is 121 Å². The number of hydrazine groups is 1. The number of anilines is 1. The van der Waals surface area contributed by atoms with Gasteiger partial charge in [-0.1, -0.05) is 11.6 Å². The highest BCUT2D eigenvalue weighted by Crippen LogP contribution is 2.25. The zero-order valence-electron chi connectivity index (χ0n) is 17.1. The minimum Gasteiger partial charge on any atom is -0.444 e. The number of nitrogens with zero attached hydrogens (tertiary/aromatic N) is 1. The van der Waals surface area contributed by atoms with Gasteiger partial charge < -0.3 is 15.4 Å². The summed E-state index contributed by atoms with van der Waals surface area (Å²) in [4.78, 5) is 40.4. The van der Waals surface area contributed by atoms with Gasteiger partial charge in [-0.05, 0) is 52.5 Å². The minimum atomic E-state index is -0.549. The second-order valence-electron chi connectivity index (χ2n) is 7.94. The average Bonchev–Trinajstić information content (AvgIpc) is 2.64. The third-order valence-corrected chi connectivity index (χ3v) is 4.71. The second kappa shape index (κ2) is 9.78. The van der Waals surface area contributed by atoms with Crippen LogP contribution in [0.4, 0.5) is 10.5 Å². The van der Waals surface area contributed by atoms with E-state index in [-0.39, 0.29) is 28.6 Å². The summed E-state index contributed by atoms with van der Waals surface area (Å²) in [6, 6.07) is 1.50. The van der Waals surface area contributed by atoms with E-state index in [1.54, 1.807) is 7.05 Å². The van der Waals surface area contributed by atoms with Crippen molar-refractivity contribution in [1.82, 2.24) is 21.2 Å². The molecule has 29 heavy (non-hydrogen) atoms. The predicted octanol–water partition coefficient (Wildman–Crippen LogP) is 2.62. The number of carbonyl (C=O) groups excluding carboxylic acids is 3. The van der Waals surface area contributed by atoms with Gasteiger partial charge in [0.1, 0.15) is 10.8 Å². The number of rotatable bonds is 4. The van der Waals surface area contributed by atoms with Gasteiger partial charge in [0.25, 0.3) is 5.91 Å². The van der Waals surface area contributed by atoms with Gasteiger partial charge >= 0.3 is 6.09 Å². The van der Waals surface area contributed by atoms with Crippen LogP contribution in [0.5, 0.6) is 0 Å². The number of aromatic nitrogens is 1. The van der Waals surface area contributed by atoms with Crippen LogP contribution in [-0.4, -0.2) is 41.6 Å². The van der Waals surface area contributed by atoms with Crippen LogP contribution in [0.2, 0.25) is 5.15 Å². The molecule has 1 aromatic rings. The lowest BCUT2D eigenvalue weighted by molar-refractivity contribution is -0.126. The van der Waals surface area contributed by atoms with Crippen LogP contribution in [0.15, 0.2) is 12.3 Å². The number of nitrogens with one attached hydrogen (secondary N) is 4. The van der Waals surface area contributed by atoms with Gasteiger partial charge in [0.15, 0.2) is 0 Å². The van der Waals surface area contributed by atoms with E-state index in [2.05, 4.69) is 26.5 Å². The number of alkyl carbamates (subject to hydrolysis) is 1. The van der Waals surface area contributed by atoms with E-state index in [0.29, 0.717) is 31.4 Å². The first-order valence-corrected chi connectivity index (χ1v) is 9.90. The van der Waals surface area contributed by atoms with Crippen molar-refractivity contribution in [3.05, 3.63) is 23.0 Å². The molecule has 0 unspecified atom stereocenters. The summed E-state index contributed by atoms with van der Waals surface area (Å²) >= 11 is 5.82. The third-order valence-electron chi connectivity index (χ3n) is 4.50. The van der Waals surface area contributed by atoms with Crippen LogP contribution in [-0.2, 0) is 9.53 Å². The quantitative estimate of drug-likeness (QED) is 0.434. The van der Waals surface area contributed by atoms with Crippen molar-refractivity contribution in [3.63, 3.8) is 0 Å². The molecule has 10 heteroatoms. The maximum atomic E-state index is 12.4. The van der Waals surface area contributed by atoms with E-state index in [4.69, 9.17) is 16.3 Å². The summed E-state index contributed by atoms with van der Waals surface area (Å²) in [5, 5.41) is 5.95. The Hall–Kier alpha value is -2.55. The molecule has 1 aromatic heterocycles. The molecule has 160 valence electrons. The molecular formula is C19H28ClN5O4. The summed E-state index contributed by atoms with van der Waals surface area (Å²) in [6.45, 7) is 5.42. The van der Waals surface area contributed by atoms with E-state index in [1.807, 2.05) is 20.8 Å². The smallest absolute Gasteiger partial charge is 0.407 e. The highest BCUT2D eigenvalue weighted by Gasteiger charge is 2.28. The largest absolute Gasteiger partial charge is 0.444 e. The lowest BCUT2D eigenvalue weighted by Crippen LogP contribution is -2.47. The van der Waals surface area contributed by atoms with Gasteiger partial charge in [-0.15, -0.1) is 0 Å². The predicted molar refractivity (Wildman–Crippen MR) is 110 cm³/mol. The summed E-state index contributed by atoms with van der Waals surface area (Å²) in [6.07, 6.45) is 3.42. The number of halogens is 1. The molecule has 0 spiro atoms. The fourth-order valence-corrected chi connectivity index (χ4v) is 3.24. The molecule has 1 aliphatic carbocycles. The molecule has 4 N–H and O–H groups in total. The second-order valence-corrected chi connectivity index (χ2v) is 8.33. The molecule has 3 amide bonds. The molecule has 0 bridgehead atoms. The van der Waals surface area contributed by atoms with E-state index >= 15 is 0 Å². The molecule has 0 aliphatic heterocycles. The summed E-state index contributed by atoms with van der Waals surface area (Å²) < 4.78 is 5.25. The Morgan fingerprint density at radius 3 is 2.38 bits per heavy atom. The molecule has 1 saturated carbocycles. The Morgan fingerprint density at radius 1 is 1.14 bits per heavy atom. The zero-order valence-corrected chi connectivity index (χ0v) is 17.9. The van der Waals surface area contributed by atoms with Crippen molar-refractivity contribution < 1.29 is 19.1 Å². The fraction of sp³-hybridized carbons (Fsp3) is 0.579. The van der Waals surface area contributed by atoms with Crippen molar-refractivity contribution in [2.24, 2.45) is 5.92 Å². The van der Waals surface area contributed by atoms with Gasteiger partial charge in [-0.25, -0.2) is 9.78 Å². The van der Waals surface area contributed by atoms with Crippen LogP contribution in [0.1, 0.15) is 56.8 Å². The average molecular weight is 426 g/mol. The van der Waals surface area contributed by atoms with Crippen molar-refractivity contribution in [3.8, 4) is 0 Å². The number of ether oxygens (including phenoxy) is 1. The van der Waals surface area contributed by atoms with Crippen molar-refractivity contribution in [2.75, 3.05) is 12.4 Å². The molecular weight excluding hydrogens is 398 g/mol. The summed E-state index contributed by atoms with van der Waals surface area (Å²) in [5.41, 5.74) is 5.09. The van der Waals surface area contributed by atoms with E-state index in [0.717, 1.165) is 0 Å². The maximum absolute atomic E-state index is 12.4. The number of amides is 3. The standard InChI is InChI=1S/C19H28ClN5O4/c1-19(2,3)29-18(28)23-12-7-5-11(6-8-12)16(26)24-25-17(27)13-10-22-15(20)9-14(13)21-4/h9-12H,5-8H2,1-4H3,(H,21,22)(H,23,28)(H,24,26)(H,25,27). The third kappa shape index (κ3) is 7.08. The summed E-state index contributed by atoms with van der Waals surface area (Å²) in [5.74, 6) is -0.992. The van der Waals surface area contributed by atoms with Crippen molar-refractivity contribution in [1.29, 1.82) is 0 Å². The SMILES string of the molecule is CNc1cc(Cl)ncc1C(=O)NNC(=O)C1CCC(NC(=O)OC(C)(C)C)CC1. The zero-order chi connectivity index (χ0) is 21.6. The lowest BCUT2D eigenvalue weighted by Gasteiger charge is -2.29. The van der Waals surface area contributed by atoms with E-state index in [1.165, 1.54) is 12.3 Å². The molecule has 0 atom stereocenters. The minimum absolute atomic E-state index is 0.0261. The Morgan fingerprint density at radius 2 is 1.79 bits per heavy atom. The van der Waals surface area contributed by atoms with Gasteiger partial charge in [0.2, 0.25) is 5.91 Å². The monoisotopic (exact) mass is 425 g/mol. The molecule has 9 nitrogen and oxygen atoms in total. The van der Waals surface area contributed by atoms with Gasteiger partial charge in [-0.2, -0.15) is 0 Å². The summed E-state index contributed by atoms with van der Waals surface area (Å²) in [7, 11) is 1.66. The maximum Gasteiger partial charge on any atom is 0.407 e. The van der Waals surface area contributed by atoms with E-state index < -0.39 is 17.6 Å². The molecule has 1 aliphatic rings. The molecule has 1 fully saturated rings. The van der Waals surface area contributed by atoms with Gasteiger partial charge in [0, 0.05) is 25.2 Å². The first kappa shape index (κ1) is 22.7. The molecule has 0 saturated heterocycles. The first-order chi connectivity index (χ1) is 13.6. The first-order valence-electron chi connectivity index (χ1n) is 9.52. The Balaban J connectivity index is 1.78. The Labute approximate surface area is 175 Å². The van der Waals surface area contributed by atoms with Crippen molar-refractivity contribution >= 4 is 35.2 Å². The van der Waals surface area contributed by atoms with Gasteiger partial charge in [0.05, 0.1) is 11.3 Å². The molecule has 0 radical (unpaired) electrons. The Kier molecular flexibility index (Phi) is 7.66. The number of hydrogen-bond donors (Lipinski definition) is 4. The Bertz CT molecular complexity index is 757. The normalized spacial score (nSPS) is 19.1. The number of hydrogen-bond acceptors (Lipinski definition) is 6. The molecule has 2 rings (SSSR count). The van der Waals surface area contributed by atoms with Crippen LogP contribution in [0, 0.1) is 5.92 Å². The highest BCUT2D eigenvalue weighted by molar-refractivity contribution is 6.29. The number of pyridine rings is 1.